The molecule has 1 saturated heterocycles. The Labute approximate surface area is 177 Å². The smallest absolute Gasteiger partial charge is 0.313 e. The van der Waals surface area contributed by atoms with Gasteiger partial charge in [0.2, 0.25) is 0 Å². The number of likely N-dealkylation sites (tertiary alicyclic amines) is 1. The Morgan fingerprint density at radius 3 is 2.48 bits per heavy atom. The first-order valence-electron chi connectivity index (χ1n) is 10.1. The highest BCUT2D eigenvalue weighted by molar-refractivity contribution is 6.39. The summed E-state index contributed by atoms with van der Waals surface area (Å²) in [5, 5.41) is 5.92. The van der Waals surface area contributed by atoms with Gasteiger partial charge < -0.3 is 15.5 Å². The first kappa shape index (κ1) is 21.3. The van der Waals surface area contributed by atoms with E-state index in [1.54, 1.807) is 18.2 Å². The highest BCUT2D eigenvalue weighted by Crippen LogP contribution is 2.20. The molecule has 2 N–H and O–H groups in total. The minimum atomic E-state index is -0.662. The maximum absolute atomic E-state index is 12.1. The number of benzene rings is 2. The van der Waals surface area contributed by atoms with Gasteiger partial charge in [-0.05, 0) is 68.5 Å². The first-order valence-corrected chi connectivity index (χ1v) is 10.5. The van der Waals surface area contributed by atoms with Crippen molar-refractivity contribution >= 4 is 29.1 Å². The van der Waals surface area contributed by atoms with Crippen LogP contribution in [0.2, 0.25) is 5.02 Å². The SMILES string of the molecule is Cc1ccc(NC(=O)C(=O)NCC2CCN(CCc3ccccc3)CC2)cc1Cl. The third-order valence-corrected chi connectivity index (χ3v) is 5.86. The largest absolute Gasteiger partial charge is 0.348 e. The van der Waals surface area contributed by atoms with Crippen LogP contribution in [0.4, 0.5) is 5.69 Å². The van der Waals surface area contributed by atoms with Gasteiger partial charge >= 0.3 is 11.8 Å². The van der Waals surface area contributed by atoms with Gasteiger partial charge in [-0.15, -0.1) is 0 Å². The average molecular weight is 414 g/mol. The summed E-state index contributed by atoms with van der Waals surface area (Å²) >= 11 is 6.05. The van der Waals surface area contributed by atoms with E-state index in [-0.39, 0.29) is 0 Å². The van der Waals surface area contributed by atoms with Crippen LogP contribution in [0.15, 0.2) is 48.5 Å². The van der Waals surface area contributed by atoms with Crippen molar-refractivity contribution in [1.82, 2.24) is 10.2 Å². The van der Waals surface area contributed by atoms with Gasteiger partial charge in [0.25, 0.3) is 0 Å². The number of amides is 2. The lowest BCUT2D eigenvalue weighted by Gasteiger charge is -2.32. The van der Waals surface area contributed by atoms with E-state index in [1.165, 1.54) is 5.56 Å². The summed E-state index contributed by atoms with van der Waals surface area (Å²) in [4.78, 5) is 26.6. The lowest BCUT2D eigenvalue weighted by Crippen LogP contribution is -2.42. The molecule has 29 heavy (non-hydrogen) atoms. The van der Waals surface area contributed by atoms with Crippen molar-refractivity contribution in [3.05, 3.63) is 64.7 Å². The second-order valence-corrected chi connectivity index (χ2v) is 8.06. The summed E-state index contributed by atoms with van der Waals surface area (Å²) in [5.74, 6) is -0.855. The van der Waals surface area contributed by atoms with Gasteiger partial charge in [0, 0.05) is 23.8 Å². The van der Waals surface area contributed by atoms with Crippen LogP contribution in [0, 0.1) is 12.8 Å². The molecule has 1 fully saturated rings. The van der Waals surface area contributed by atoms with Gasteiger partial charge in [0.1, 0.15) is 0 Å². The number of anilines is 1. The molecule has 0 atom stereocenters. The number of carbonyl (C=O) groups excluding carboxylic acids is 2. The number of nitrogens with one attached hydrogen (secondary N) is 2. The van der Waals surface area contributed by atoms with Crippen molar-refractivity contribution in [3.8, 4) is 0 Å². The highest BCUT2D eigenvalue weighted by Gasteiger charge is 2.21. The van der Waals surface area contributed by atoms with Crippen molar-refractivity contribution in [2.45, 2.75) is 26.2 Å². The molecule has 0 radical (unpaired) electrons. The van der Waals surface area contributed by atoms with E-state index < -0.39 is 11.8 Å². The number of halogens is 1. The van der Waals surface area contributed by atoms with Crippen LogP contribution in [-0.4, -0.2) is 42.9 Å². The average Bonchev–Trinajstić information content (AvgIpc) is 2.74. The predicted molar refractivity (Wildman–Crippen MR) is 117 cm³/mol. The molecule has 154 valence electrons. The van der Waals surface area contributed by atoms with Crippen molar-refractivity contribution < 1.29 is 9.59 Å². The number of nitrogens with zero attached hydrogens (tertiary/aromatic N) is 1. The Balaban J connectivity index is 1.35. The first-order chi connectivity index (χ1) is 14.0. The molecule has 3 rings (SSSR count). The molecule has 2 aromatic carbocycles. The second-order valence-electron chi connectivity index (χ2n) is 7.65. The zero-order valence-corrected chi connectivity index (χ0v) is 17.5. The molecule has 5 nitrogen and oxygen atoms in total. The lowest BCUT2D eigenvalue weighted by molar-refractivity contribution is -0.136. The van der Waals surface area contributed by atoms with Gasteiger partial charge in [-0.3, -0.25) is 9.59 Å². The van der Waals surface area contributed by atoms with Crippen molar-refractivity contribution in [1.29, 1.82) is 0 Å². The molecule has 2 amide bonds. The fourth-order valence-electron chi connectivity index (χ4n) is 3.52. The molecule has 1 heterocycles. The Hall–Kier alpha value is -2.37. The van der Waals surface area contributed by atoms with E-state index in [1.807, 2.05) is 13.0 Å². The van der Waals surface area contributed by atoms with Gasteiger partial charge in [-0.2, -0.15) is 0 Å². The van der Waals surface area contributed by atoms with Crippen LogP contribution in [0.5, 0.6) is 0 Å². The number of carbonyl (C=O) groups is 2. The van der Waals surface area contributed by atoms with Crippen LogP contribution >= 0.6 is 11.6 Å². The van der Waals surface area contributed by atoms with E-state index in [0.717, 1.165) is 44.5 Å². The Morgan fingerprint density at radius 1 is 1.07 bits per heavy atom. The number of rotatable bonds is 6. The number of hydrogen-bond donors (Lipinski definition) is 2. The standard InChI is InChI=1S/C23H28ClN3O2/c1-17-7-8-20(15-21(17)24)26-23(29)22(28)25-16-19-10-13-27(14-11-19)12-9-18-5-3-2-4-6-18/h2-8,15,19H,9-14,16H2,1H3,(H,25,28)(H,26,29). The van der Waals surface area contributed by atoms with E-state index >= 15 is 0 Å². The van der Waals surface area contributed by atoms with Crippen molar-refractivity contribution in [2.24, 2.45) is 5.92 Å². The molecule has 0 unspecified atom stereocenters. The summed E-state index contributed by atoms with van der Waals surface area (Å²) < 4.78 is 0. The molecule has 6 heteroatoms. The van der Waals surface area contributed by atoms with E-state index in [0.29, 0.717) is 23.2 Å². The maximum atomic E-state index is 12.1. The topological polar surface area (TPSA) is 61.4 Å². The zero-order chi connectivity index (χ0) is 20.6. The molecule has 0 saturated carbocycles. The molecule has 0 bridgehead atoms. The molecule has 0 aromatic heterocycles. The second kappa shape index (κ2) is 10.4. The quantitative estimate of drug-likeness (QED) is 0.710. The molecular weight excluding hydrogens is 386 g/mol. The fraction of sp³-hybridized carbons (Fsp3) is 0.391. The molecule has 1 aliphatic rings. The van der Waals surface area contributed by atoms with Gasteiger partial charge in [0.15, 0.2) is 0 Å². The van der Waals surface area contributed by atoms with Crippen LogP contribution in [-0.2, 0) is 16.0 Å². The monoisotopic (exact) mass is 413 g/mol. The predicted octanol–water partition coefficient (Wildman–Crippen LogP) is 3.66. The fourth-order valence-corrected chi connectivity index (χ4v) is 3.70. The zero-order valence-electron chi connectivity index (χ0n) is 16.8. The summed E-state index contributed by atoms with van der Waals surface area (Å²) in [6, 6.07) is 15.7. The van der Waals surface area contributed by atoms with Crippen molar-refractivity contribution in [3.63, 3.8) is 0 Å². The molecule has 0 spiro atoms. The molecule has 2 aromatic rings. The van der Waals surface area contributed by atoms with Crippen LogP contribution in [0.3, 0.4) is 0 Å². The van der Waals surface area contributed by atoms with Crippen LogP contribution < -0.4 is 10.6 Å². The van der Waals surface area contributed by atoms with E-state index in [2.05, 4.69) is 39.8 Å². The lowest BCUT2D eigenvalue weighted by atomic mass is 9.96. The summed E-state index contributed by atoms with van der Waals surface area (Å²) in [7, 11) is 0. The minimum absolute atomic E-state index is 0.411. The minimum Gasteiger partial charge on any atom is -0.348 e. The Kier molecular flexibility index (Phi) is 7.67. The maximum Gasteiger partial charge on any atom is 0.313 e. The number of piperidine rings is 1. The van der Waals surface area contributed by atoms with E-state index in [9.17, 15) is 9.59 Å². The molecule has 1 aliphatic heterocycles. The van der Waals surface area contributed by atoms with Crippen molar-refractivity contribution in [2.75, 3.05) is 31.5 Å². The number of hydrogen-bond acceptors (Lipinski definition) is 3. The summed E-state index contributed by atoms with van der Waals surface area (Å²) in [6.45, 7) is 5.54. The molecular formula is C23H28ClN3O2. The molecule has 0 aliphatic carbocycles. The third-order valence-electron chi connectivity index (χ3n) is 5.45. The Bertz CT molecular complexity index is 833. The van der Waals surface area contributed by atoms with Gasteiger partial charge in [0.05, 0.1) is 0 Å². The van der Waals surface area contributed by atoms with Gasteiger partial charge in [-0.25, -0.2) is 0 Å². The summed E-state index contributed by atoms with van der Waals surface area (Å²) in [5.41, 5.74) is 2.81. The van der Waals surface area contributed by atoms with Crippen LogP contribution in [0.25, 0.3) is 0 Å². The Morgan fingerprint density at radius 2 is 1.79 bits per heavy atom. The van der Waals surface area contributed by atoms with Crippen LogP contribution in [0.1, 0.15) is 24.0 Å². The van der Waals surface area contributed by atoms with Gasteiger partial charge in [-0.1, -0.05) is 48.0 Å². The van der Waals surface area contributed by atoms with E-state index in [4.69, 9.17) is 11.6 Å². The number of aryl methyl sites for hydroxylation is 1. The highest BCUT2D eigenvalue weighted by atomic mass is 35.5. The summed E-state index contributed by atoms with van der Waals surface area (Å²) in [6.07, 6.45) is 3.12. The third kappa shape index (κ3) is 6.58. The normalized spacial score (nSPS) is 15.1.